The lowest BCUT2D eigenvalue weighted by Crippen LogP contribution is -2.24. The van der Waals surface area contributed by atoms with Crippen molar-refractivity contribution in [3.8, 4) is 0 Å². The molecule has 0 radical (unpaired) electrons. The van der Waals surface area contributed by atoms with E-state index in [1.165, 1.54) is 0 Å². The molecule has 1 aliphatic rings. The maximum atomic E-state index is 11.9. The van der Waals surface area contributed by atoms with Gasteiger partial charge in [-0.1, -0.05) is 12.2 Å². The van der Waals surface area contributed by atoms with Gasteiger partial charge in [-0.2, -0.15) is 0 Å². The zero-order valence-electron chi connectivity index (χ0n) is 8.82. The van der Waals surface area contributed by atoms with Gasteiger partial charge in [0.1, 0.15) is 5.82 Å². The molecule has 1 N–H and O–H groups in total. The monoisotopic (exact) mass is 280 g/mol. The summed E-state index contributed by atoms with van der Waals surface area (Å²) in [7, 11) is 0. The summed E-state index contributed by atoms with van der Waals surface area (Å²) < 4.78 is 0.815. The second-order valence-corrected chi connectivity index (χ2v) is 4.66. The number of nitrogens with zero attached hydrogens (tertiary/aromatic N) is 1. The average molecular weight is 281 g/mol. The van der Waals surface area contributed by atoms with E-state index in [-0.39, 0.29) is 11.8 Å². The largest absolute Gasteiger partial charge is 0.310 e. The van der Waals surface area contributed by atoms with E-state index in [0.29, 0.717) is 5.82 Å². The number of hydrogen-bond donors (Lipinski definition) is 1. The van der Waals surface area contributed by atoms with Gasteiger partial charge in [-0.05, 0) is 47.3 Å². The molecule has 1 aliphatic carbocycles. The molecule has 3 nitrogen and oxygen atoms in total. The molecule has 16 heavy (non-hydrogen) atoms. The fourth-order valence-corrected chi connectivity index (χ4v) is 2.08. The smallest absolute Gasteiger partial charge is 0.228 e. The van der Waals surface area contributed by atoms with Crippen LogP contribution < -0.4 is 5.32 Å². The average Bonchev–Trinajstić information content (AvgIpc) is 2.33. The van der Waals surface area contributed by atoms with E-state index in [1.54, 1.807) is 6.20 Å². The Balaban J connectivity index is 2.02. The van der Waals surface area contributed by atoms with Crippen molar-refractivity contribution in [2.75, 3.05) is 5.32 Å². The molecule has 0 fully saturated rings. The Kier molecular flexibility index (Phi) is 3.72. The second kappa shape index (κ2) is 5.25. The Bertz CT molecular complexity index is 417. The van der Waals surface area contributed by atoms with Crippen LogP contribution >= 0.6 is 15.9 Å². The first-order valence-corrected chi connectivity index (χ1v) is 6.13. The van der Waals surface area contributed by atoms with E-state index < -0.39 is 0 Å². The number of amides is 1. The minimum atomic E-state index is 0.0590. The molecule has 0 aliphatic heterocycles. The first-order chi connectivity index (χ1) is 7.77. The number of nitrogens with one attached hydrogen (secondary N) is 1. The van der Waals surface area contributed by atoms with Crippen LogP contribution in [0.3, 0.4) is 0 Å². The molecule has 1 amide bonds. The lowest BCUT2D eigenvalue weighted by molar-refractivity contribution is -0.120. The number of pyridine rings is 1. The molecule has 0 spiro atoms. The number of allylic oxidation sites excluding steroid dienone is 2. The summed E-state index contributed by atoms with van der Waals surface area (Å²) in [5, 5.41) is 2.85. The number of rotatable bonds is 2. The Hall–Kier alpha value is -1.16. The van der Waals surface area contributed by atoms with Crippen LogP contribution in [-0.4, -0.2) is 10.9 Å². The van der Waals surface area contributed by atoms with Gasteiger partial charge < -0.3 is 5.32 Å². The molecule has 0 saturated heterocycles. The third kappa shape index (κ3) is 2.70. The van der Waals surface area contributed by atoms with E-state index in [1.807, 2.05) is 12.1 Å². The predicted octanol–water partition coefficient (Wildman–Crippen LogP) is 3.14. The van der Waals surface area contributed by atoms with Gasteiger partial charge in [-0.15, -0.1) is 0 Å². The summed E-state index contributed by atoms with van der Waals surface area (Å²) in [4.78, 5) is 16.0. The van der Waals surface area contributed by atoms with Crippen molar-refractivity contribution in [3.05, 3.63) is 35.0 Å². The van der Waals surface area contributed by atoms with Gasteiger partial charge in [0.15, 0.2) is 0 Å². The van der Waals surface area contributed by atoms with E-state index in [9.17, 15) is 4.79 Å². The van der Waals surface area contributed by atoms with Crippen LogP contribution in [0, 0.1) is 5.92 Å². The van der Waals surface area contributed by atoms with Crippen LogP contribution in [0.25, 0.3) is 0 Å². The molecule has 0 saturated carbocycles. The Morgan fingerprint density at radius 1 is 1.50 bits per heavy atom. The maximum Gasteiger partial charge on any atom is 0.228 e. The van der Waals surface area contributed by atoms with Crippen molar-refractivity contribution in [2.24, 2.45) is 5.92 Å². The summed E-state index contributed by atoms with van der Waals surface area (Å²) in [6.45, 7) is 0. The number of anilines is 1. The Morgan fingerprint density at radius 3 is 3.06 bits per heavy atom. The van der Waals surface area contributed by atoms with Gasteiger partial charge in [-0.25, -0.2) is 4.98 Å². The highest BCUT2D eigenvalue weighted by Crippen LogP contribution is 2.22. The van der Waals surface area contributed by atoms with Gasteiger partial charge in [0.05, 0.1) is 4.47 Å². The fourth-order valence-electron chi connectivity index (χ4n) is 1.73. The maximum absolute atomic E-state index is 11.9. The van der Waals surface area contributed by atoms with Crippen LogP contribution in [0.15, 0.2) is 35.0 Å². The zero-order valence-corrected chi connectivity index (χ0v) is 10.4. The summed E-state index contributed by atoms with van der Waals surface area (Å²) in [5.41, 5.74) is 0. The first kappa shape index (κ1) is 11.3. The minimum absolute atomic E-state index is 0.0590. The van der Waals surface area contributed by atoms with Crippen molar-refractivity contribution in [3.63, 3.8) is 0 Å². The molecular weight excluding hydrogens is 268 g/mol. The highest BCUT2D eigenvalue weighted by molar-refractivity contribution is 9.10. The summed E-state index contributed by atoms with van der Waals surface area (Å²) in [6, 6.07) is 3.69. The van der Waals surface area contributed by atoms with Crippen molar-refractivity contribution < 1.29 is 4.79 Å². The van der Waals surface area contributed by atoms with Crippen molar-refractivity contribution in [2.45, 2.75) is 19.3 Å². The summed E-state index contributed by atoms with van der Waals surface area (Å²) in [5.74, 6) is 0.740. The van der Waals surface area contributed by atoms with Crippen LogP contribution in [0.2, 0.25) is 0 Å². The molecular formula is C12H13BrN2O. The standard InChI is InChI=1S/C12H13BrN2O/c13-10-7-4-8-14-11(10)15-12(16)9-5-2-1-3-6-9/h1-2,4,7-9H,3,5-6H2,(H,14,15,16). The van der Waals surface area contributed by atoms with Crippen LogP contribution in [0.1, 0.15) is 19.3 Å². The number of carbonyl (C=O) groups is 1. The van der Waals surface area contributed by atoms with Crippen LogP contribution in [0.5, 0.6) is 0 Å². The second-order valence-electron chi connectivity index (χ2n) is 3.80. The van der Waals surface area contributed by atoms with E-state index >= 15 is 0 Å². The van der Waals surface area contributed by atoms with Crippen molar-refractivity contribution in [1.29, 1.82) is 0 Å². The Morgan fingerprint density at radius 2 is 2.38 bits per heavy atom. The number of aromatic nitrogens is 1. The molecule has 2 rings (SSSR count). The van der Waals surface area contributed by atoms with Gasteiger partial charge in [-0.3, -0.25) is 4.79 Å². The summed E-state index contributed by atoms with van der Waals surface area (Å²) >= 11 is 3.36. The fraction of sp³-hybridized carbons (Fsp3) is 0.333. The topological polar surface area (TPSA) is 42.0 Å². The van der Waals surface area contributed by atoms with Crippen molar-refractivity contribution in [1.82, 2.24) is 4.98 Å². The molecule has 1 unspecified atom stereocenters. The first-order valence-electron chi connectivity index (χ1n) is 5.34. The third-order valence-electron chi connectivity index (χ3n) is 2.64. The number of halogens is 1. The van der Waals surface area contributed by atoms with Gasteiger partial charge >= 0.3 is 0 Å². The minimum Gasteiger partial charge on any atom is -0.310 e. The summed E-state index contributed by atoms with van der Waals surface area (Å²) in [6.07, 6.45) is 8.60. The molecule has 4 heteroatoms. The highest BCUT2D eigenvalue weighted by Gasteiger charge is 2.19. The third-order valence-corrected chi connectivity index (χ3v) is 3.28. The number of carbonyl (C=O) groups excluding carboxylic acids is 1. The van der Waals surface area contributed by atoms with E-state index in [0.717, 1.165) is 23.7 Å². The lowest BCUT2D eigenvalue weighted by atomic mass is 9.94. The molecule has 0 bridgehead atoms. The van der Waals surface area contributed by atoms with Crippen LogP contribution in [0.4, 0.5) is 5.82 Å². The predicted molar refractivity (Wildman–Crippen MR) is 67.0 cm³/mol. The van der Waals surface area contributed by atoms with Crippen molar-refractivity contribution >= 4 is 27.7 Å². The SMILES string of the molecule is O=C(Nc1ncccc1Br)C1CC=CCC1. The van der Waals surface area contributed by atoms with Gasteiger partial charge in [0, 0.05) is 12.1 Å². The van der Waals surface area contributed by atoms with E-state index in [2.05, 4.69) is 38.4 Å². The molecule has 1 aromatic rings. The molecule has 1 atom stereocenters. The van der Waals surface area contributed by atoms with Gasteiger partial charge in [0.25, 0.3) is 0 Å². The van der Waals surface area contributed by atoms with Gasteiger partial charge in [0.2, 0.25) is 5.91 Å². The molecule has 1 aromatic heterocycles. The quantitative estimate of drug-likeness (QED) is 0.846. The Labute approximate surface area is 103 Å². The molecule has 1 heterocycles. The molecule has 0 aromatic carbocycles. The lowest BCUT2D eigenvalue weighted by Gasteiger charge is -2.17. The van der Waals surface area contributed by atoms with Crippen LogP contribution in [-0.2, 0) is 4.79 Å². The highest BCUT2D eigenvalue weighted by atomic mass is 79.9. The molecule has 84 valence electrons. The zero-order chi connectivity index (χ0) is 11.4. The normalized spacial score (nSPS) is 19.4. The number of hydrogen-bond acceptors (Lipinski definition) is 2. The van der Waals surface area contributed by atoms with E-state index in [4.69, 9.17) is 0 Å².